The summed E-state index contributed by atoms with van der Waals surface area (Å²) in [5, 5.41) is 6.48. The first-order chi connectivity index (χ1) is 10.9. The molecule has 1 aromatic carbocycles. The van der Waals surface area contributed by atoms with Gasteiger partial charge in [-0.3, -0.25) is 4.99 Å². The SMILES string of the molecule is CN=C(NCCCSc1ccccc1)NC(C)CCS(C)(=O)=O. The molecular weight excluding hydrogens is 330 g/mol. The summed E-state index contributed by atoms with van der Waals surface area (Å²) < 4.78 is 22.4. The molecule has 1 atom stereocenters. The van der Waals surface area contributed by atoms with Gasteiger partial charge in [-0.2, -0.15) is 0 Å². The predicted octanol–water partition coefficient (Wildman–Crippen LogP) is 2.16. The molecule has 23 heavy (non-hydrogen) atoms. The van der Waals surface area contributed by atoms with Crippen LogP contribution in [0.25, 0.3) is 0 Å². The molecule has 0 spiro atoms. The maximum absolute atomic E-state index is 11.2. The van der Waals surface area contributed by atoms with Crippen molar-refractivity contribution in [1.29, 1.82) is 0 Å². The smallest absolute Gasteiger partial charge is 0.191 e. The van der Waals surface area contributed by atoms with Gasteiger partial charge < -0.3 is 10.6 Å². The third-order valence-corrected chi connectivity index (χ3v) is 5.23. The van der Waals surface area contributed by atoms with Crippen LogP contribution in [-0.2, 0) is 9.84 Å². The summed E-state index contributed by atoms with van der Waals surface area (Å²) in [6, 6.07) is 10.4. The van der Waals surface area contributed by atoms with E-state index in [-0.39, 0.29) is 11.8 Å². The van der Waals surface area contributed by atoms with Crippen molar-refractivity contribution in [3.05, 3.63) is 30.3 Å². The Morgan fingerprint density at radius 2 is 2.00 bits per heavy atom. The van der Waals surface area contributed by atoms with E-state index in [1.54, 1.807) is 7.05 Å². The van der Waals surface area contributed by atoms with E-state index in [1.165, 1.54) is 11.2 Å². The van der Waals surface area contributed by atoms with Crippen LogP contribution >= 0.6 is 11.8 Å². The van der Waals surface area contributed by atoms with Gasteiger partial charge in [-0.15, -0.1) is 11.8 Å². The van der Waals surface area contributed by atoms with Gasteiger partial charge in [-0.25, -0.2) is 8.42 Å². The zero-order valence-corrected chi connectivity index (χ0v) is 15.7. The molecule has 0 aliphatic carbocycles. The average molecular weight is 358 g/mol. The fourth-order valence-electron chi connectivity index (χ4n) is 1.88. The van der Waals surface area contributed by atoms with E-state index in [1.807, 2.05) is 36.9 Å². The first-order valence-electron chi connectivity index (χ1n) is 7.73. The summed E-state index contributed by atoms with van der Waals surface area (Å²) in [5.41, 5.74) is 0. The number of nitrogens with one attached hydrogen (secondary N) is 2. The lowest BCUT2D eigenvalue weighted by Gasteiger charge is -2.17. The molecule has 1 rings (SSSR count). The topological polar surface area (TPSA) is 70.6 Å². The van der Waals surface area contributed by atoms with Crippen molar-refractivity contribution in [2.45, 2.75) is 30.7 Å². The maximum Gasteiger partial charge on any atom is 0.191 e. The number of hydrogen-bond donors (Lipinski definition) is 2. The molecule has 0 saturated heterocycles. The summed E-state index contributed by atoms with van der Waals surface area (Å²) in [4.78, 5) is 5.45. The average Bonchev–Trinajstić information content (AvgIpc) is 2.52. The molecule has 1 aromatic rings. The second-order valence-corrected chi connectivity index (χ2v) is 8.91. The summed E-state index contributed by atoms with van der Waals surface area (Å²) in [7, 11) is -1.20. The van der Waals surface area contributed by atoms with Crippen molar-refractivity contribution in [2.75, 3.05) is 31.4 Å². The number of thioether (sulfide) groups is 1. The van der Waals surface area contributed by atoms with Gasteiger partial charge in [0.05, 0.1) is 5.75 Å². The number of nitrogens with zero attached hydrogens (tertiary/aromatic N) is 1. The Hall–Kier alpha value is -1.21. The van der Waals surface area contributed by atoms with E-state index >= 15 is 0 Å². The first kappa shape index (κ1) is 19.8. The van der Waals surface area contributed by atoms with Crippen LogP contribution in [0.15, 0.2) is 40.2 Å². The fraction of sp³-hybridized carbons (Fsp3) is 0.562. The molecule has 0 radical (unpaired) electrons. The monoisotopic (exact) mass is 357 g/mol. The van der Waals surface area contributed by atoms with Crippen LogP contribution in [0.2, 0.25) is 0 Å². The third kappa shape index (κ3) is 10.2. The van der Waals surface area contributed by atoms with E-state index in [0.29, 0.717) is 6.42 Å². The Kier molecular flexibility index (Phi) is 9.09. The van der Waals surface area contributed by atoms with Crippen LogP contribution in [0.5, 0.6) is 0 Å². The normalized spacial score (nSPS) is 13.6. The largest absolute Gasteiger partial charge is 0.356 e. The highest BCUT2D eigenvalue weighted by Gasteiger charge is 2.09. The number of aliphatic imine (C=N–C) groups is 1. The van der Waals surface area contributed by atoms with E-state index in [9.17, 15) is 8.42 Å². The molecule has 0 heterocycles. The molecule has 0 aliphatic rings. The van der Waals surface area contributed by atoms with Gasteiger partial charge in [0.1, 0.15) is 9.84 Å². The van der Waals surface area contributed by atoms with Crippen LogP contribution < -0.4 is 10.6 Å². The number of sulfone groups is 1. The molecule has 0 aromatic heterocycles. The lowest BCUT2D eigenvalue weighted by atomic mass is 10.3. The zero-order valence-electron chi connectivity index (χ0n) is 14.1. The molecule has 0 fully saturated rings. The highest BCUT2D eigenvalue weighted by atomic mass is 32.2. The fourth-order valence-corrected chi connectivity index (χ4v) is 3.53. The highest BCUT2D eigenvalue weighted by Crippen LogP contribution is 2.17. The minimum Gasteiger partial charge on any atom is -0.356 e. The lowest BCUT2D eigenvalue weighted by molar-refractivity contribution is 0.581. The molecule has 2 N–H and O–H groups in total. The summed E-state index contributed by atoms with van der Waals surface area (Å²) in [5.74, 6) is 1.94. The van der Waals surface area contributed by atoms with Crippen molar-refractivity contribution < 1.29 is 8.42 Å². The Balaban J connectivity index is 2.18. The van der Waals surface area contributed by atoms with Crippen LogP contribution in [0.1, 0.15) is 19.8 Å². The Morgan fingerprint density at radius 1 is 1.30 bits per heavy atom. The van der Waals surface area contributed by atoms with Crippen LogP contribution in [-0.4, -0.2) is 51.8 Å². The lowest BCUT2D eigenvalue weighted by Crippen LogP contribution is -2.43. The van der Waals surface area contributed by atoms with Gasteiger partial charge in [0.2, 0.25) is 0 Å². The molecule has 0 saturated carbocycles. The minimum absolute atomic E-state index is 0.0645. The first-order valence-corrected chi connectivity index (χ1v) is 10.8. The number of rotatable bonds is 9. The number of guanidine groups is 1. The summed E-state index contributed by atoms with van der Waals surface area (Å²) >= 11 is 1.84. The third-order valence-electron chi connectivity index (χ3n) is 3.15. The van der Waals surface area contributed by atoms with Gasteiger partial charge in [0, 0.05) is 30.8 Å². The number of hydrogen-bond acceptors (Lipinski definition) is 4. The summed E-state index contributed by atoms with van der Waals surface area (Å²) in [6.45, 7) is 2.79. The van der Waals surface area contributed by atoms with Gasteiger partial charge in [0.25, 0.3) is 0 Å². The molecule has 7 heteroatoms. The van der Waals surface area contributed by atoms with E-state index in [4.69, 9.17) is 0 Å². The van der Waals surface area contributed by atoms with E-state index in [0.717, 1.165) is 24.7 Å². The second kappa shape index (κ2) is 10.5. The molecule has 0 bridgehead atoms. The standard InChI is InChI=1S/C16H27N3O2S2/c1-14(10-13-23(3,20)21)19-16(17-2)18-11-7-12-22-15-8-5-4-6-9-15/h4-6,8-9,14H,7,10-13H2,1-3H3,(H2,17,18,19). The summed E-state index contributed by atoms with van der Waals surface area (Å²) in [6.07, 6.45) is 2.86. The number of benzene rings is 1. The van der Waals surface area contributed by atoms with Crippen molar-refractivity contribution in [3.8, 4) is 0 Å². The van der Waals surface area contributed by atoms with E-state index in [2.05, 4.69) is 27.8 Å². The molecular formula is C16H27N3O2S2. The van der Waals surface area contributed by atoms with Gasteiger partial charge in [-0.1, -0.05) is 18.2 Å². The molecule has 5 nitrogen and oxygen atoms in total. The molecule has 1 unspecified atom stereocenters. The highest BCUT2D eigenvalue weighted by molar-refractivity contribution is 7.99. The Morgan fingerprint density at radius 3 is 2.61 bits per heavy atom. The van der Waals surface area contributed by atoms with Gasteiger partial charge >= 0.3 is 0 Å². The van der Waals surface area contributed by atoms with Crippen LogP contribution in [0, 0.1) is 0 Å². The minimum atomic E-state index is -2.92. The quantitative estimate of drug-likeness (QED) is 0.307. The Labute approximate surface area is 144 Å². The van der Waals surface area contributed by atoms with Gasteiger partial charge in [0.15, 0.2) is 5.96 Å². The van der Waals surface area contributed by atoms with Crippen LogP contribution in [0.4, 0.5) is 0 Å². The zero-order chi connectivity index (χ0) is 17.1. The maximum atomic E-state index is 11.2. The van der Waals surface area contributed by atoms with Crippen molar-refractivity contribution in [3.63, 3.8) is 0 Å². The predicted molar refractivity (Wildman–Crippen MR) is 100 cm³/mol. The molecule has 0 aliphatic heterocycles. The molecule has 0 amide bonds. The Bertz CT molecular complexity index is 574. The second-order valence-electron chi connectivity index (χ2n) is 5.48. The van der Waals surface area contributed by atoms with Crippen LogP contribution in [0.3, 0.4) is 0 Å². The molecule has 130 valence electrons. The van der Waals surface area contributed by atoms with E-state index < -0.39 is 9.84 Å². The van der Waals surface area contributed by atoms with Crippen molar-refractivity contribution in [1.82, 2.24) is 10.6 Å². The van der Waals surface area contributed by atoms with Gasteiger partial charge in [-0.05, 0) is 37.7 Å². The van der Waals surface area contributed by atoms with Crippen molar-refractivity contribution >= 4 is 27.6 Å². The van der Waals surface area contributed by atoms with Crippen molar-refractivity contribution in [2.24, 2.45) is 4.99 Å².